The van der Waals surface area contributed by atoms with Crippen molar-refractivity contribution in [2.24, 2.45) is 0 Å². The molecular formula is C14H19FN2O2. The molecule has 4 nitrogen and oxygen atoms in total. The predicted molar refractivity (Wildman–Crippen MR) is 70.2 cm³/mol. The average molecular weight is 266 g/mol. The molecule has 1 aromatic carbocycles. The first-order chi connectivity index (χ1) is 9.20. The van der Waals surface area contributed by atoms with Gasteiger partial charge in [-0.1, -0.05) is 12.1 Å². The molecule has 0 bridgehead atoms. The summed E-state index contributed by atoms with van der Waals surface area (Å²) in [6.45, 7) is 2.26. The first kappa shape index (κ1) is 14.0. The van der Waals surface area contributed by atoms with E-state index in [9.17, 15) is 9.18 Å². The summed E-state index contributed by atoms with van der Waals surface area (Å²) < 4.78 is 18.8. The minimum Gasteiger partial charge on any atom is -0.370 e. The van der Waals surface area contributed by atoms with Gasteiger partial charge in [0.25, 0.3) is 0 Å². The SMILES string of the molecule is CNCCC(=O)N1CCOC(c2cccc(F)c2)C1. The van der Waals surface area contributed by atoms with Crippen LogP contribution in [-0.2, 0) is 9.53 Å². The summed E-state index contributed by atoms with van der Waals surface area (Å²) in [5.41, 5.74) is 0.783. The standard InChI is InChI=1S/C14H19FN2O2/c1-16-6-5-14(18)17-7-8-19-13(10-17)11-3-2-4-12(15)9-11/h2-4,9,13,16H,5-8,10H2,1H3. The summed E-state index contributed by atoms with van der Waals surface area (Å²) in [7, 11) is 1.82. The van der Waals surface area contributed by atoms with Crippen molar-refractivity contribution in [1.82, 2.24) is 10.2 Å². The molecule has 1 aliphatic heterocycles. The maximum Gasteiger partial charge on any atom is 0.224 e. The Morgan fingerprint density at radius 3 is 3.16 bits per heavy atom. The van der Waals surface area contributed by atoms with Gasteiger partial charge in [-0.15, -0.1) is 0 Å². The molecule has 1 amide bonds. The molecule has 1 aliphatic rings. The number of rotatable bonds is 4. The molecule has 1 fully saturated rings. The van der Waals surface area contributed by atoms with Crippen molar-refractivity contribution in [3.63, 3.8) is 0 Å². The molecule has 0 aliphatic carbocycles. The summed E-state index contributed by atoms with van der Waals surface area (Å²) in [6.07, 6.45) is 0.245. The Hall–Kier alpha value is -1.46. The van der Waals surface area contributed by atoms with Crippen LogP contribution in [0.15, 0.2) is 24.3 Å². The third-order valence-corrected chi connectivity index (χ3v) is 3.23. The lowest BCUT2D eigenvalue weighted by Crippen LogP contribution is -2.42. The van der Waals surface area contributed by atoms with Gasteiger partial charge in [0.2, 0.25) is 5.91 Å². The summed E-state index contributed by atoms with van der Waals surface area (Å²) in [4.78, 5) is 13.7. The predicted octanol–water partition coefficient (Wildman–Crippen LogP) is 1.34. The first-order valence-electron chi connectivity index (χ1n) is 6.50. The lowest BCUT2D eigenvalue weighted by atomic mass is 10.1. The summed E-state index contributed by atoms with van der Waals surface area (Å²) in [6, 6.07) is 6.36. The lowest BCUT2D eigenvalue weighted by Gasteiger charge is -2.33. The third kappa shape index (κ3) is 3.75. The molecule has 0 aromatic heterocycles. The van der Waals surface area contributed by atoms with Gasteiger partial charge in [0.05, 0.1) is 13.2 Å². The van der Waals surface area contributed by atoms with Gasteiger partial charge in [-0.2, -0.15) is 0 Å². The normalized spacial score (nSPS) is 19.5. The zero-order valence-corrected chi connectivity index (χ0v) is 11.1. The maximum atomic E-state index is 13.2. The van der Waals surface area contributed by atoms with Crippen molar-refractivity contribution in [1.29, 1.82) is 0 Å². The van der Waals surface area contributed by atoms with Crippen LogP contribution in [0.3, 0.4) is 0 Å². The monoisotopic (exact) mass is 266 g/mol. The average Bonchev–Trinajstić information content (AvgIpc) is 2.45. The molecule has 0 saturated carbocycles. The zero-order valence-electron chi connectivity index (χ0n) is 11.1. The van der Waals surface area contributed by atoms with Crippen LogP contribution < -0.4 is 5.32 Å². The van der Waals surface area contributed by atoms with Crippen molar-refractivity contribution in [2.75, 3.05) is 33.3 Å². The van der Waals surface area contributed by atoms with Crippen molar-refractivity contribution >= 4 is 5.91 Å². The molecule has 1 unspecified atom stereocenters. The van der Waals surface area contributed by atoms with Gasteiger partial charge in [-0.3, -0.25) is 4.79 Å². The van der Waals surface area contributed by atoms with Gasteiger partial charge < -0.3 is 15.0 Å². The Morgan fingerprint density at radius 2 is 2.42 bits per heavy atom. The van der Waals surface area contributed by atoms with E-state index in [4.69, 9.17) is 4.74 Å². The van der Waals surface area contributed by atoms with E-state index in [1.807, 2.05) is 13.1 Å². The van der Waals surface area contributed by atoms with Crippen LogP contribution in [0.1, 0.15) is 18.1 Å². The van der Waals surface area contributed by atoms with E-state index < -0.39 is 0 Å². The highest BCUT2D eigenvalue weighted by Gasteiger charge is 2.25. The zero-order chi connectivity index (χ0) is 13.7. The summed E-state index contributed by atoms with van der Waals surface area (Å²) >= 11 is 0. The molecule has 1 N–H and O–H groups in total. The van der Waals surface area contributed by atoms with E-state index in [0.29, 0.717) is 32.7 Å². The molecule has 5 heteroatoms. The second-order valence-electron chi connectivity index (χ2n) is 4.61. The molecule has 1 aromatic rings. The Morgan fingerprint density at radius 1 is 1.58 bits per heavy atom. The van der Waals surface area contributed by atoms with Crippen LogP contribution in [0, 0.1) is 5.82 Å². The number of halogens is 1. The molecule has 19 heavy (non-hydrogen) atoms. The van der Waals surface area contributed by atoms with Crippen LogP contribution in [0.4, 0.5) is 4.39 Å². The molecule has 1 atom stereocenters. The van der Waals surface area contributed by atoms with Crippen LogP contribution in [0.25, 0.3) is 0 Å². The van der Waals surface area contributed by atoms with Crippen LogP contribution in [0.5, 0.6) is 0 Å². The second-order valence-corrected chi connectivity index (χ2v) is 4.61. The van der Waals surface area contributed by atoms with Crippen molar-refractivity contribution < 1.29 is 13.9 Å². The topological polar surface area (TPSA) is 41.6 Å². The number of nitrogens with one attached hydrogen (secondary N) is 1. The number of benzene rings is 1. The first-order valence-corrected chi connectivity index (χ1v) is 6.50. The van der Waals surface area contributed by atoms with Gasteiger partial charge in [0, 0.05) is 19.5 Å². The number of nitrogens with zero attached hydrogens (tertiary/aromatic N) is 1. The van der Waals surface area contributed by atoms with Crippen LogP contribution in [0.2, 0.25) is 0 Å². The highest BCUT2D eigenvalue weighted by molar-refractivity contribution is 5.76. The van der Waals surface area contributed by atoms with Gasteiger partial charge in [0.15, 0.2) is 0 Å². The molecule has 104 valence electrons. The smallest absolute Gasteiger partial charge is 0.224 e. The quantitative estimate of drug-likeness (QED) is 0.894. The van der Waals surface area contributed by atoms with Gasteiger partial charge in [0.1, 0.15) is 11.9 Å². The Labute approximate surface area is 112 Å². The molecular weight excluding hydrogens is 247 g/mol. The summed E-state index contributed by atoms with van der Waals surface area (Å²) in [5.74, 6) is -0.168. The molecule has 0 radical (unpaired) electrons. The van der Waals surface area contributed by atoms with Crippen LogP contribution in [-0.4, -0.2) is 44.1 Å². The number of carbonyl (C=O) groups excluding carboxylic acids is 1. The number of ether oxygens (including phenoxy) is 1. The van der Waals surface area contributed by atoms with E-state index in [1.165, 1.54) is 12.1 Å². The van der Waals surface area contributed by atoms with Crippen molar-refractivity contribution in [3.05, 3.63) is 35.6 Å². The number of morpholine rings is 1. The van der Waals surface area contributed by atoms with E-state index in [-0.39, 0.29) is 17.8 Å². The van der Waals surface area contributed by atoms with E-state index in [0.717, 1.165) is 5.56 Å². The number of hydrogen-bond donors (Lipinski definition) is 1. The Balaban J connectivity index is 1.99. The fourth-order valence-electron chi connectivity index (χ4n) is 2.17. The van der Waals surface area contributed by atoms with Gasteiger partial charge in [-0.25, -0.2) is 4.39 Å². The number of hydrogen-bond acceptors (Lipinski definition) is 3. The van der Waals surface area contributed by atoms with Crippen LogP contribution >= 0.6 is 0 Å². The van der Waals surface area contributed by atoms with Gasteiger partial charge >= 0.3 is 0 Å². The lowest BCUT2D eigenvalue weighted by molar-refractivity contribution is -0.138. The fraction of sp³-hybridized carbons (Fsp3) is 0.500. The van der Waals surface area contributed by atoms with E-state index >= 15 is 0 Å². The highest BCUT2D eigenvalue weighted by Crippen LogP contribution is 2.23. The van der Waals surface area contributed by atoms with Crippen molar-refractivity contribution in [2.45, 2.75) is 12.5 Å². The molecule has 0 spiro atoms. The molecule has 1 saturated heterocycles. The van der Waals surface area contributed by atoms with Crippen molar-refractivity contribution in [3.8, 4) is 0 Å². The van der Waals surface area contributed by atoms with E-state index in [1.54, 1.807) is 11.0 Å². The fourth-order valence-corrected chi connectivity index (χ4v) is 2.17. The Kier molecular flexibility index (Phi) is 4.87. The number of amides is 1. The largest absolute Gasteiger partial charge is 0.370 e. The summed E-state index contributed by atoms with van der Waals surface area (Å²) in [5, 5.41) is 2.96. The number of carbonyl (C=O) groups is 1. The second kappa shape index (κ2) is 6.63. The molecule has 2 rings (SSSR count). The van der Waals surface area contributed by atoms with E-state index in [2.05, 4.69) is 5.32 Å². The minimum absolute atomic E-state index is 0.110. The van der Waals surface area contributed by atoms with Gasteiger partial charge in [-0.05, 0) is 24.7 Å². The third-order valence-electron chi connectivity index (χ3n) is 3.23. The Bertz CT molecular complexity index is 439. The highest BCUT2D eigenvalue weighted by atomic mass is 19.1. The minimum atomic E-state index is -0.278. The maximum absolute atomic E-state index is 13.2. The molecule has 1 heterocycles.